The molecule has 1 atom stereocenters. The predicted octanol–water partition coefficient (Wildman–Crippen LogP) is 1.96. The van der Waals surface area contributed by atoms with E-state index in [9.17, 15) is 13.2 Å². The van der Waals surface area contributed by atoms with Crippen molar-refractivity contribution in [1.82, 2.24) is 10.2 Å². The Bertz CT molecular complexity index is 830. The second-order valence-electron chi connectivity index (χ2n) is 5.09. The van der Waals surface area contributed by atoms with Crippen LogP contribution < -0.4 is 10.1 Å². The topological polar surface area (TPSA) is 98.2 Å². The third-order valence-corrected chi connectivity index (χ3v) is 5.69. The quantitative estimate of drug-likeness (QED) is 0.823. The normalized spacial score (nSPS) is 12.7. The Balaban J connectivity index is 2.06. The van der Waals surface area contributed by atoms with Gasteiger partial charge in [-0.3, -0.25) is 10.1 Å². The van der Waals surface area contributed by atoms with Gasteiger partial charge in [-0.15, -0.1) is 10.2 Å². The van der Waals surface area contributed by atoms with Gasteiger partial charge in [0, 0.05) is 6.26 Å². The van der Waals surface area contributed by atoms with E-state index in [1.54, 1.807) is 13.0 Å². The number of hydrogen-bond donors (Lipinski definition) is 1. The maximum absolute atomic E-state index is 12.1. The number of nitrogens with one attached hydrogen (secondary N) is 1. The lowest BCUT2D eigenvalue weighted by Gasteiger charge is -2.16. The van der Waals surface area contributed by atoms with Crippen LogP contribution in [0.1, 0.15) is 18.1 Å². The molecule has 0 saturated carbocycles. The maximum atomic E-state index is 12.1. The molecule has 1 amide bonds. The number of aromatic nitrogens is 2. The van der Waals surface area contributed by atoms with Gasteiger partial charge in [0.05, 0.1) is 0 Å². The lowest BCUT2D eigenvalue weighted by Crippen LogP contribution is -2.30. The van der Waals surface area contributed by atoms with Crippen molar-refractivity contribution < 1.29 is 17.9 Å². The summed E-state index contributed by atoms with van der Waals surface area (Å²) in [6, 6.07) is 5.60. The Morgan fingerprint density at radius 1 is 1.30 bits per heavy atom. The third-order valence-electron chi connectivity index (χ3n) is 3.18. The molecule has 1 aromatic heterocycles. The number of carbonyl (C=O) groups excluding carboxylic acids is 1. The molecule has 1 unspecified atom stereocenters. The van der Waals surface area contributed by atoms with Gasteiger partial charge in [0.1, 0.15) is 5.75 Å². The van der Waals surface area contributed by atoms with E-state index in [2.05, 4.69) is 15.5 Å². The van der Waals surface area contributed by atoms with Gasteiger partial charge in [0.15, 0.2) is 6.10 Å². The lowest BCUT2D eigenvalue weighted by atomic mass is 10.1. The van der Waals surface area contributed by atoms with Crippen LogP contribution in [0, 0.1) is 13.8 Å². The molecule has 124 valence electrons. The molecule has 0 radical (unpaired) electrons. The van der Waals surface area contributed by atoms with Crippen molar-refractivity contribution in [3.8, 4) is 5.75 Å². The van der Waals surface area contributed by atoms with Crippen molar-refractivity contribution in [2.45, 2.75) is 31.2 Å². The van der Waals surface area contributed by atoms with Gasteiger partial charge in [-0.2, -0.15) is 0 Å². The SMILES string of the molecule is Cc1cccc(OC(C)C(=O)Nc2nnc(S(C)(=O)=O)s2)c1C. The van der Waals surface area contributed by atoms with Crippen LogP contribution in [0.3, 0.4) is 0 Å². The van der Waals surface area contributed by atoms with Gasteiger partial charge in [-0.25, -0.2) is 8.42 Å². The number of rotatable bonds is 5. The van der Waals surface area contributed by atoms with E-state index in [-0.39, 0.29) is 9.47 Å². The van der Waals surface area contributed by atoms with E-state index in [0.717, 1.165) is 28.7 Å². The van der Waals surface area contributed by atoms with Crippen molar-refractivity contribution in [2.75, 3.05) is 11.6 Å². The van der Waals surface area contributed by atoms with E-state index >= 15 is 0 Å². The summed E-state index contributed by atoms with van der Waals surface area (Å²) in [6.07, 6.45) is 0.270. The summed E-state index contributed by atoms with van der Waals surface area (Å²) < 4.78 is 28.2. The largest absolute Gasteiger partial charge is 0.481 e. The van der Waals surface area contributed by atoms with E-state index in [1.165, 1.54) is 0 Å². The zero-order valence-corrected chi connectivity index (χ0v) is 14.8. The highest BCUT2D eigenvalue weighted by Gasteiger charge is 2.20. The zero-order valence-electron chi connectivity index (χ0n) is 13.2. The first-order valence-electron chi connectivity index (χ1n) is 6.76. The molecule has 1 N–H and O–H groups in total. The van der Waals surface area contributed by atoms with Crippen LogP contribution in [0.15, 0.2) is 22.5 Å². The Hall–Kier alpha value is -2.00. The molecule has 0 aliphatic carbocycles. The molecule has 0 spiro atoms. The fraction of sp³-hybridized carbons (Fsp3) is 0.357. The number of anilines is 1. The first-order valence-corrected chi connectivity index (χ1v) is 9.46. The Morgan fingerprint density at radius 3 is 2.61 bits per heavy atom. The molecule has 9 heteroatoms. The Labute approximate surface area is 138 Å². The van der Waals surface area contributed by atoms with Crippen molar-refractivity contribution >= 4 is 32.2 Å². The molecular formula is C14H17N3O4S2. The number of ether oxygens (including phenoxy) is 1. The Morgan fingerprint density at radius 2 is 2.00 bits per heavy atom. The smallest absolute Gasteiger partial charge is 0.266 e. The molecule has 0 bridgehead atoms. The van der Waals surface area contributed by atoms with E-state index in [4.69, 9.17) is 4.74 Å². The molecule has 7 nitrogen and oxygen atoms in total. The zero-order chi connectivity index (χ0) is 17.2. The molecular weight excluding hydrogens is 338 g/mol. The average Bonchev–Trinajstić information content (AvgIpc) is 2.92. The predicted molar refractivity (Wildman–Crippen MR) is 87.7 cm³/mol. The first kappa shape index (κ1) is 17.4. The molecule has 0 fully saturated rings. The highest BCUT2D eigenvalue weighted by Crippen LogP contribution is 2.23. The standard InChI is InChI=1S/C14H17N3O4S2/c1-8-6-5-7-11(9(8)2)21-10(3)12(18)15-13-16-17-14(22-13)23(4,19)20/h5-7,10H,1-4H3,(H,15,16,18). The van der Waals surface area contributed by atoms with Crippen LogP contribution in [-0.4, -0.2) is 36.9 Å². The fourth-order valence-corrected chi connectivity index (χ4v) is 3.22. The van der Waals surface area contributed by atoms with Crippen LogP contribution in [0.4, 0.5) is 5.13 Å². The van der Waals surface area contributed by atoms with Gasteiger partial charge in [0.25, 0.3) is 5.91 Å². The molecule has 0 aliphatic heterocycles. The van der Waals surface area contributed by atoms with Crippen molar-refractivity contribution in [1.29, 1.82) is 0 Å². The summed E-state index contributed by atoms with van der Waals surface area (Å²) in [5.74, 6) is 0.198. The highest BCUT2D eigenvalue weighted by atomic mass is 32.2. The summed E-state index contributed by atoms with van der Waals surface area (Å²) in [6.45, 7) is 5.48. The van der Waals surface area contributed by atoms with Gasteiger partial charge in [-0.1, -0.05) is 23.5 Å². The van der Waals surface area contributed by atoms with Gasteiger partial charge in [0.2, 0.25) is 19.3 Å². The van der Waals surface area contributed by atoms with Crippen LogP contribution in [0.2, 0.25) is 0 Å². The molecule has 0 aliphatic rings. The Kier molecular flexibility index (Phi) is 5.00. The molecule has 1 heterocycles. The number of amides is 1. The highest BCUT2D eigenvalue weighted by molar-refractivity contribution is 7.92. The second kappa shape index (κ2) is 6.63. The van der Waals surface area contributed by atoms with Gasteiger partial charge in [-0.05, 0) is 38.0 Å². The number of nitrogens with zero attached hydrogens (tertiary/aromatic N) is 2. The number of benzene rings is 1. The van der Waals surface area contributed by atoms with E-state index < -0.39 is 21.8 Å². The van der Waals surface area contributed by atoms with Gasteiger partial charge < -0.3 is 4.74 Å². The van der Waals surface area contributed by atoms with Crippen LogP contribution in [0.5, 0.6) is 5.75 Å². The van der Waals surface area contributed by atoms with Crippen LogP contribution in [0.25, 0.3) is 0 Å². The molecule has 2 rings (SSSR count). The van der Waals surface area contributed by atoms with Crippen LogP contribution in [-0.2, 0) is 14.6 Å². The number of sulfone groups is 1. The molecule has 23 heavy (non-hydrogen) atoms. The number of aryl methyl sites for hydroxylation is 1. The molecule has 1 aromatic carbocycles. The second-order valence-corrected chi connectivity index (χ2v) is 8.26. The van der Waals surface area contributed by atoms with Crippen LogP contribution >= 0.6 is 11.3 Å². The molecule has 2 aromatic rings. The summed E-state index contributed by atoms with van der Waals surface area (Å²) >= 11 is 0.800. The van der Waals surface area contributed by atoms with Crippen molar-refractivity contribution in [2.24, 2.45) is 0 Å². The minimum absolute atomic E-state index is 0.117. The first-order chi connectivity index (χ1) is 10.7. The van der Waals surface area contributed by atoms with E-state index in [1.807, 2.05) is 26.0 Å². The third kappa shape index (κ3) is 4.26. The maximum Gasteiger partial charge on any atom is 0.266 e. The fourth-order valence-electron chi connectivity index (χ4n) is 1.71. The van der Waals surface area contributed by atoms with E-state index in [0.29, 0.717) is 5.75 Å². The van der Waals surface area contributed by atoms with Crippen molar-refractivity contribution in [3.63, 3.8) is 0 Å². The monoisotopic (exact) mass is 355 g/mol. The number of hydrogen-bond acceptors (Lipinski definition) is 7. The summed E-state index contributed by atoms with van der Waals surface area (Å²) in [5.41, 5.74) is 2.03. The lowest BCUT2D eigenvalue weighted by molar-refractivity contribution is -0.122. The average molecular weight is 355 g/mol. The molecule has 0 saturated heterocycles. The van der Waals surface area contributed by atoms with Gasteiger partial charge >= 0.3 is 0 Å². The van der Waals surface area contributed by atoms with Crippen molar-refractivity contribution in [3.05, 3.63) is 29.3 Å². The number of carbonyl (C=O) groups is 1. The summed E-state index contributed by atoms with van der Waals surface area (Å²) in [7, 11) is -3.43. The summed E-state index contributed by atoms with van der Waals surface area (Å²) in [4.78, 5) is 12.1. The summed E-state index contributed by atoms with van der Waals surface area (Å²) in [5, 5.41) is 9.80. The minimum Gasteiger partial charge on any atom is -0.481 e. The minimum atomic E-state index is -3.43.